The number of rotatable bonds is 6. The molecule has 3 rings (SSSR count). The largest absolute Gasteiger partial charge is 0.445 e. The number of hydrogen-bond acceptors (Lipinski definition) is 4. The van der Waals surface area contributed by atoms with Crippen LogP contribution in [0.5, 0.6) is 0 Å². The normalized spacial score (nSPS) is 18.8. The Morgan fingerprint density at radius 1 is 1.04 bits per heavy atom. The number of halogens is 2. The third-order valence-corrected chi connectivity index (χ3v) is 5.59. The molecule has 0 unspecified atom stereocenters. The number of carbonyl (C=O) groups excluding carboxylic acids is 1. The summed E-state index contributed by atoms with van der Waals surface area (Å²) in [5, 5.41) is 6.32. The summed E-state index contributed by atoms with van der Waals surface area (Å²) in [6.07, 6.45) is 4.99. The summed E-state index contributed by atoms with van der Waals surface area (Å²) in [6.45, 7) is 6.61. The molecule has 0 bridgehead atoms. The van der Waals surface area contributed by atoms with Crippen LogP contribution >= 0.6 is 24.8 Å². The predicted molar refractivity (Wildman–Crippen MR) is 114 cm³/mol. The minimum absolute atomic E-state index is 0. The summed E-state index contributed by atoms with van der Waals surface area (Å²) in [4.78, 5) is 14.2. The highest BCUT2D eigenvalue weighted by Gasteiger charge is 2.27. The molecule has 0 aliphatic carbocycles. The highest BCUT2D eigenvalue weighted by atomic mass is 35.5. The molecule has 2 heterocycles. The average molecular weight is 418 g/mol. The quantitative estimate of drug-likeness (QED) is 0.743. The van der Waals surface area contributed by atoms with Gasteiger partial charge in [0, 0.05) is 13.1 Å². The molecule has 154 valence electrons. The second-order valence-corrected chi connectivity index (χ2v) is 7.26. The van der Waals surface area contributed by atoms with Gasteiger partial charge in [-0.2, -0.15) is 0 Å². The number of likely N-dealkylation sites (tertiary alicyclic amines) is 1. The molecular weight excluding hydrogens is 385 g/mol. The van der Waals surface area contributed by atoms with Gasteiger partial charge in [0.25, 0.3) is 0 Å². The van der Waals surface area contributed by atoms with Gasteiger partial charge in [-0.05, 0) is 69.3 Å². The molecule has 1 aromatic rings. The summed E-state index contributed by atoms with van der Waals surface area (Å²) in [5.41, 5.74) is 1.01. The van der Waals surface area contributed by atoms with Crippen molar-refractivity contribution in [3.8, 4) is 0 Å². The van der Waals surface area contributed by atoms with E-state index in [0.717, 1.165) is 37.0 Å². The standard InChI is InChI=1S/C20H31N3O2.2ClH/c24-20(25-16-17-4-2-1-3-5-17)22-12-15-23-13-8-19(9-14-23)18-6-10-21-11-7-18;;/h1-5,18-19,21H,6-16H2,(H,22,24);2*1H. The van der Waals surface area contributed by atoms with Crippen LogP contribution < -0.4 is 10.6 Å². The van der Waals surface area contributed by atoms with Crippen LogP contribution in [-0.2, 0) is 11.3 Å². The molecule has 5 nitrogen and oxygen atoms in total. The van der Waals surface area contributed by atoms with Crippen molar-refractivity contribution in [1.29, 1.82) is 0 Å². The highest BCUT2D eigenvalue weighted by molar-refractivity contribution is 5.85. The lowest BCUT2D eigenvalue weighted by atomic mass is 9.79. The Morgan fingerprint density at radius 2 is 1.67 bits per heavy atom. The lowest BCUT2D eigenvalue weighted by Crippen LogP contribution is -2.42. The van der Waals surface area contributed by atoms with Crippen molar-refractivity contribution >= 4 is 30.9 Å². The van der Waals surface area contributed by atoms with E-state index in [9.17, 15) is 4.79 Å². The monoisotopic (exact) mass is 417 g/mol. The Hall–Kier alpha value is -1.01. The number of alkyl carbamates (subject to hydrolysis) is 1. The van der Waals surface area contributed by atoms with Crippen molar-refractivity contribution in [3.63, 3.8) is 0 Å². The minimum atomic E-state index is -0.326. The van der Waals surface area contributed by atoms with Crippen LogP contribution in [0.4, 0.5) is 4.79 Å². The van der Waals surface area contributed by atoms with Crippen LogP contribution in [-0.4, -0.2) is 50.3 Å². The Morgan fingerprint density at radius 3 is 2.33 bits per heavy atom. The molecule has 2 N–H and O–H groups in total. The van der Waals surface area contributed by atoms with Crippen LogP contribution in [0, 0.1) is 11.8 Å². The van der Waals surface area contributed by atoms with Crippen LogP contribution in [0.3, 0.4) is 0 Å². The molecule has 27 heavy (non-hydrogen) atoms. The van der Waals surface area contributed by atoms with Crippen LogP contribution in [0.1, 0.15) is 31.2 Å². The summed E-state index contributed by atoms with van der Waals surface area (Å²) < 4.78 is 5.24. The first-order valence-corrected chi connectivity index (χ1v) is 9.69. The smallest absolute Gasteiger partial charge is 0.407 e. The van der Waals surface area contributed by atoms with Gasteiger partial charge >= 0.3 is 6.09 Å². The van der Waals surface area contributed by atoms with Gasteiger partial charge in [0.15, 0.2) is 0 Å². The number of amides is 1. The number of nitrogens with zero attached hydrogens (tertiary/aromatic N) is 1. The van der Waals surface area contributed by atoms with E-state index in [1.165, 1.54) is 38.8 Å². The molecule has 0 aromatic heterocycles. The molecular formula is C20H33Cl2N3O2. The molecule has 0 saturated carbocycles. The molecule has 2 aliphatic heterocycles. The van der Waals surface area contributed by atoms with Crippen molar-refractivity contribution < 1.29 is 9.53 Å². The van der Waals surface area contributed by atoms with Crippen molar-refractivity contribution in [2.45, 2.75) is 32.3 Å². The maximum absolute atomic E-state index is 11.8. The fraction of sp³-hybridized carbons (Fsp3) is 0.650. The first-order chi connectivity index (χ1) is 12.3. The van der Waals surface area contributed by atoms with Gasteiger partial charge in [-0.25, -0.2) is 4.79 Å². The number of carbonyl (C=O) groups is 1. The first-order valence-electron chi connectivity index (χ1n) is 9.69. The van der Waals surface area contributed by atoms with E-state index in [0.29, 0.717) is 13.2 Å². The Kier molecular flexibility index (Phi) is 11.8. The van der Waals surface area contributed by atoms with E-state index < -0.39 is 0 Å². The van der Waals surface area contributed by atoms with Gasteiger partial charge in [-0.3, -0.25) is 0 Å². The zero-order chi connectivity index (χ0) is 17.3. The topological polar surface area (TPSA) is 53.6 Å². The fourth-order valence-electron chi connectivity index (χ4n) is 4.05. The van der Waals surface area contributed by atoms with Crippen LogP contribution in [0.2, 0.25) is 0 Å². The third kappa shape index (κ3) is 8.26. The lowest BCUT2D eigenvalue weighted by Gasteiger charge is -2.37. The summed E-state index contributed by atoms with van der Waals surface area (Å²) in [6, 6.07) is 9.77. The van der Waals surface area contributed by atoms with Crippen molar-refractivity contribution in [3.05, 3.63) is 35.9 Å². The lowest BCUT2D eigenvalue weighted by molar-refractivity contribution is 0.123. The number of nitrogens with one attached hydrogen (secondary N) is 2. The number of hydrogen-bond donors (Lipinski definition) is 2. The molecule has 1 amide bonds. The molecule has 2 fully saturated rings. The van der Waals surface area contributed by atoms with Crippen LogP contribution in [0.15, 0.2) is 30.3 Å². The zero-order valence-electron chi connectivity index (χ0n) is 15.9. The second-order valence-electron chi connectivity index (χ2n) is 7.26. The molecule has 0 radical (unpaired) electrons. The number of benzene rings is 1. The third-order valence-electron chi connectivity index (χ3n) is 5.59. The van der Waals surface area contributed by atoms with Gasteiger partial charge in [0.2, 0.25) is 0 Å². The Labute approximate surface area is 175 Å². The summed E-state index contributed by atoms with van der Waals surface area (Å²) in [5.74, 6) is 1.83. The fourth-order valence-corrected chi connectivity index (χ4v) is 4.05. The maximum Gasteiger partial charge on any atom is 0.407 e. The van der Waals surface area contributed by atoms with E-state index in [-0.39, 0.29) is 30.9 Å². The van der Waals surface area contributed by atoms with E-state index in [2.05, 4.69) is 15.5 Å². The summed E-state index contributed by atoms with van der Waals surface area (Å²) in [7, 11) is 0. The Balaban J connectivity index is 0.00000182. The van der Waals surface area contributed by atoms with Gasteiger partial charge in [-0.15, -0.1) is 24.8 Å². The van der Waals surface area contributed by atoms with E-state index in [1.807, 2.05) is 30.3 Å². The van der Waals surface area contributed by atoms with Crippen molar-refractivity contribution in [2.24, 2.45) is 11.8 Å². The predicted octanol–water partition coefficient (Wildman–Crippen LogP) is 3.47. The molecule has 2 aliphatic rings. The van der Waals surface area contributed by atoms with Crippen molar-refractivity contribution in [1.82, 2.24) is 15.5 Å². The zero-order valence-corrected chi connectivity index (χ0v) is 17.5. The Bertz CT molecular complexity index is 519. The number of ether oxygens (including phenoxy) is 1. The van der Waals surface area contributed by atoms with E-state index in [1.54, 1.807) is 0 Å². The molecule has 2 saturated heterocycles. The van der Waals surface area contributed by atoms with Gasteiger partial charge < -0.3 is 20.3 Å². The van der Waals surface area contributed by atoms with Crippen molar-refractivity contribution in [2.75, 3.05) is 39.3 Å². The number of piperidine rings is 2. The van der Waals surface area contributed by atoms with E-state index >= 15 is 0 Å². The summed E-state index contributed by atoms with van der Waals surface area (Å²) >= 11 is 0. The molecule has 1 aromatic carbocycles. The minimum Gasteiger partial charge on any atom is -0.445 e. The van der Waals surface area contributed by atoms with Gasteiger partial charge in [-0.1, -0.05) is 30.3 Å². The molecule has 7 heteroatoms. The van der Waals surface area contributed by atoms with Gasteiger partial charge in [0.1, 0.15) is 6.61 Å². The molecule has 0 atom stereocenters. The maximum atomic E-state index is 11.8. The average Bonchev–Trinajstić information content (AvgIpc) is 2.68. The highest BCUT2D eigenvalue weighted by Crippen LogP contribution is 2.30. The second kappa shape index (κ2) is 13.2. The first kappa shape index (κ1) is 24.0. The SMILES string of the molecule is Cl.Cl.O=C(NCCN1CCC(C2CCNCC2)CC1)OCc1ccccc1. The van der Waals surface area contributed by atoms with Gasteiger partial charge in [0.05, 0.1) is 0 Å². The van der Waals surface area contributed by atoms with Crippen LogP contribution in [0.25, 0.3) is 0 Å². The molecule has 0 spiro atoms. The van der Waals surface area contributed by atoms with E-state index in [4.69, 9.17) is 4.74 Å².